The third-order valence-electron chi connectivity index (χ3n) is 9.35. The summed E-state index contributed by atoms with van der Waals surface area (Å²) in [6.45, 7) is 9.45. The molecule has 3 saturated heterocycles. The van der Waals surface area contributed by atoms with E-state index in [1.165, 1.54) is 4.90 Å². The second-order valence-corrected chi connectivity index (χ2v) is 11.1. The monoisotopic (exact) mass is 539 g/mol. The molecule has 5 rings (SSSR count). The van der Waals surface area contributed by atoms with Crippen LogP contribution in [0.4, 0.5) is 0 Å². The third kappa shape index (κ3) is 3.88. The number of fused-ring (bicyclic) bond motifs is 2. The van der Waals surface area contributed by atoms with Crippen molar-refractivity contribution >= 4 is 28.8 Å². The topological polar surface area (TPSA) is 138 Å². The Balaban J connectivity index is 1.61. The first-order valence-corrected chi connectivity index (χ1v) is 13.7. The van der Waals surface area contributed by atoms with Gasteiger partial charge in [-0.15, -0.1) is 11.7 Å². The minimum absolute atomic E-state index is 0.0546. The summed E-state index contributed by atoms with van der Waals surface area (Å²) in [6.07, 6.45) is 3.53. The lowest BCUT2D eigenvalue weighted by molar-refractivity contribution is -0.161. The van der Waals surface area contributed by atoms with Gasteiger partial charge in [0.2, 0.25) is 11.8 Å². The molecule has 210 valence electrons. The van der Waals surface area contributed by atoms with Crippen LogP contribution in [0, 0.1) is 17.8 Å². The molecule has 3 fully saturated rings. The minimum atomic E-state index is -1.29. The van der Waals surface area contributed by atoms with E-state index in [1.807, 2.05) is 45.0 Å². The number of likely N-dealkylation sites (tertiary alicyclic amines) is 1. The Kier molecular flexibility index (Phi) is 7.00. The van der Waals surface area contributed by atoms with Crippen molar-refractivity contribution in [2.24, 2.45) is 17.8 Å². The van der Waals surface area contributed by atoms with Gasteiger partial charge >= 0.3 is 5.97 Å². The number of hydrogen-bond acceptors (Lipinski definition) is 7. The molecule has 2 unspecified atom stereocenters. The second kappa shape index (κ2) is 10.0. The fourth-order valence-electron chi connectivity index (χ4n) is 7.21. The molecule has 1 aromatic carbocycles. The van der Waals surface area contributed by atoms with Crippen LogP contribution in [0.1, 0.15) is 46.5 Å². The van der Waals surface area contributed by atoms with Crippen molar-refractivity contribution in [2.45, 2.75) is 76.4 Å². The predicted molar refractivity (Wildman–Crippen MR) is 141 cm³/mol. The van der Waals surface area contributed by atoms with Crippen molar-refractivity contribution in [1.82, 2.24) is 24.8 Å². The molecule has 1 aromatic heterocycles. The number of rotatable bonds is 11. The first-order chi connectivity index (χ1) is 18.7. The van der Waals surface area contributed by atoms with Gasteiger partial charge in [0.1, 0.15) is 29.7 Å². The molecule has 3 aliphatic rings. The lowest BCUT2D eigenvalue weighted by Gasteiger charge is -2.41. The summed E-state index contributed by atoms with van der Waals surface area (Å²) in [5.41, 5.74) is -0.869. The number of hydrogen-bond donors (Lipinski definition) is 2. The van der Waals surface area contributed by atoms with Gasteiger partial charge in [-0.05, 0) is 37.3 Å². The Hall–Kier alpha value is -3.31. The number of aromatic nitrogens is 3. The lowest BCUT2D eigenvalue weighted by atomic mass is 9.65. The first-order valence-electron chi connectivity index (χ1n) is 13.7. The lowest BCUT2D eigenvalue weighted by Crippen LogP contribution is -2.60. The molecule has 2 amide bonds. The predicted octanol–water partition coefficient (Wildman–Crippen LogP) is 2.05. The second-order valence-electron chi connectivity index (χ2n) is 11.1. The highest BCUT2D eigenvalue weighted by atomic mass is 16.5. The number of nitrogens with zero attached hydrogens (tertiary/aromatic N) is 5. The smallest absolute Gasteiger partial charge is 0.310 e. The number of carboxylic acid groups (broad SMARTS) is 1. The molecular weight excluding hydrogens is 502 g/mol. The summed E-state index contributed by atoms with van der Waals surface area (Å²) in [5, 5.41) is 29.2. The van der Waals surface area contributed by atoms with Gasteiger partial charge in [-0.25, -0.2) is 4.68 Å². The quantitative estimate of drug-likeness (QED) is 0.414. The van der Waals surface area contributed by atoms with Gasteiger partial charge in [-0.1, -0.05) is 50.6 Å². The van der Waals surface area contributed by atoms with Gasteiger partial charge in [-0.3, -0.25) is 14.4 Å². The molecule has 2 bridgehead atoms. The van der Waals surface area contributed by atoms with Gasteiger partial charge in [0.05, 0.1) is 29.7 Å². The maximum absolute atomic E-state index is 14.6. The number of carbonyl (C=O) groups is 3. The molecule has 11 nitrogen and oxygen atoms in total. The maximum Gasteiger partial charge on any atom is 0.310 e. The van der Waals surface area contributed by atoms with E-state index >= 15 is 0 Å². The van der Waals surface area contributed by atoms with Crippen LogP contribution in [-0.2, 0) is 25.8 Å². The maximum atomic E-state index is 14.6. The SMILES string of the molecule is C=CCN(Cn1nnc2ccccc21)C(=O)C1N([C@@H](CO)[C@@H](C)CC)C(=O)[C@@H]2[C@@H](C(=O)O)[C@@]3(CC)CCC12O3. The largest absolute Gasteiger partial charge is 0.481 e. The molecule has 3 aliphatic heterocycles. The molecular formula is C28H37N5O6. The van der Waals surface area contributed by atoms with Gasteiger partial charge in [-0.2, -0.15) is 0 Å². The van der Waals surface area contributed by atoms with Gasteiger partial charge in [0, 0.05) is 6.54 Å². The summed E-state index contributed by atoms with van der Waals surface area (Å²) >= 11 is 0. The van der Waals surface area contributed by atoms with E-state index in [-0.39, 0.29) is 31.6 Å². The fourth-order valence-corrected chi connectivity index (χ4v) is 7.21. The van der Waals surface area contributed by atoms with Crippen LogP contribution in [-0.4, -0.2) is 89.2 Å². The van der Waals surface area contributed by atoms with Crippen LogP contribution >= 0.6 is 0 Å². The molecule has 2 N–H and O–H groups in total. The van der Waals surface area contributed by atoms with Crippen molar-refractivity contribution in [3.63, 3.8) is 0 Å². The van der Waals surface area contributed by atoms with Gasteiger partial charge < -0.3 is 24.7 Å². The Bertz CT molecular complexity index is 1300. The Labute approximate surface area is 227 Å². The zero-order valence-corrected chi connectivity index (χ0v) is 22.7. The summed E-state index contributed by atoms with van der Waals surface area (Å²) in [4.78, 5) is 44.4. The van der Waals surface area contributed by atoms with Crippen molar-refractivity contribution < 1.29 is 29.3 Å². The van der Waals surface area contributed by atoms with Crippen LogP contribution < -0.4 is 0 Å². The minimum Gasteiger partial charge on any atom is -0.481 e. The van der Waals surface area contributed by atoms with Crippen molar-refractivity contribution in [3.05, 3.63) is 36.9 Å². The van der Waals surface area contributed by atoms with E-state index in [9.17, 15) is 24.6 Å². The summed E-state index contributed by atoms with van der Waals surface area (Å²) in [6, 6.07) is 5.66. The number of para-hydroxylation sites is 1. The number of carboxylic acids is 1. The molecule has 0 radical (unpaired) electrons. The van der Waals surface area contributed by atoms with E-state index in [0.717, 1.165) is 5.52 Å². The van der Waals surface area contributed by atoms with Crippen LogP contribution in [0.25, 0.3) is 11.0 Å². The Morgan fingerprint density at radius 3 is 2.69 bits per heavy atom. The fraction of sp³-hybridized carbons (Fsp3) is 0.607. The number of aliphatic hydroxyl groups is 1. The highest BCUT2D eigenvalue weighted by Gasteiger charge is 2.79. The standard InChI is InChI=1S/C28H37N5O6/c1-5-14-31(16-32-19-11-9-8-10-18(19)29-30-32)25(36)23-28-13-12-27(7-3,39-28)22(26(37)38)21(28)24(35)33(23)20(15-34)17(4)6-2/h5,8-11,17,20-23,34H,1,6-7,12-16H2,2-4H3,(H,37,38)/t17-,20-,21-,22-,23?,27+,28?/m0/s1. The molecule has 7 atom stereocenters. The molecule has 11 heteroatoms. The number of aliphatic hydroxyl groups excluding tert-OH is 1. The number of carbonyl (C=O) groups excluding carboxylic acids is 2. The molecule has 4 heterocycles. The van der Waals surface area contributed by atoms with E-state index in [2.05, 4.69) is 16.9 Å². The normalized spacial score (nSPS) is 30.9. The van der Waals surface area contributed by atoms with Gasteiger partial charge in [0.25, 0.3) is 0 Å². The third-order valence-corrected chi connectivity index (χ3v) is 9.35. The van der Waals surface area contributed by atoms with Crippen molar-refractivity contribution in [1.29, 1.82) is 0 Å². The number of ether oxygens (including phenoxy) is 1. The van der Waals surface area contributed by atoms with Crippen LogP contribution in [0.15, 0.2) is 36.9 Å². The zero-order valence-electron chi connectivity index (χ0n) is 22.7. The van der Waals surface area contributed by atoms with Crippen molar-refractivity contribution in [3.8, 4) is 0 Å². The average Bonchev–Trinajstić information content (AvgIpc) is 3.66. The molecule has 2 aromatic rings. The number of aliphatic carboxylic acids is 1. The molecule has 1 spiro atoms. The summed E-state index contributed by atoms with van der Waals surface area (Å²) < 4.78 is 8.25. The highest BCUT2D eigenvalue weighted by molar-refractivity contribution is 5.98. The first kappa shape index (κ1) is 27.3. The summed E-state index contributed by atoms with van der Waals surface area (Å²) in [5.74, 6) is -4.10. The van der Waals surface area contributed by atoms with E-state index in [0.29, 0.717) is 31.2 Å². The van der Waals surface area contributed by atoms with E-state index in [1.54, 1.807) is 15.7 Å². The van der Waals surface area contributed by atoms with Crippen LogP contribution in [0.2, 0.25) is 0 Å². The molecule has 0 aliphatic carbocycles. The zero-order chi connectivity index (χ0) is 28.1. The highest BCUT2D eigenvalue weighted by Crippen LogP contribution is 2.64. The summed E-state index contributed by atoms with van der Waals surface area (Å²) in [7, 11) is 0. The van der Waals surface area contributed by atoms with E-state index < -0.39 is 47.0 Å². The van der Waals surface area contributed by atoms with E-state index in [4.69, 9.17) is 4.74 Å². The Morgan fingerprint density at radius 1 is 1.31 bits per heavy atom. The van der Waals surface area contributed by atoms with Gasteiger partial charge in [0.15, 0.2) is 0 Å². The Morgan fingerprint density at radius 2 is 2.05 bits per heavy atom. The molecule has 0 saturated carbocycles. The molecule has 39 heavy (non-hydrogen) atoms. The van der Waals surface area contributed by atoms with Crippen LogP contribution in [0.3, 0.4) is 0 Å². The average molecular weight is 540 g/mol. The number of amides is 2. The van der Waals surface area contributed by atoms with Crippen LogP contribution in [0.5, 0.6) is 0 Å². The van der Waals surface area contributed by atoms with Crippen molar-refractivity contribution in [2.75, 3.05) is 13.2 Å². The number of benzene rings is 1.